The summed E-state index contributed by atoms with van der Waals surface area (Å²) in [7, 11) is 0. The molecule has 0 N–H and O–H groups in total. The van der Waals surface area contributed by atoms with E-state index in [0.717, 1.165) is 17.1 Å². The van der Waals surface area contributed by atoms with Crippen LogP contribution in [0.4, 0.5) is 4.39 Å². The maximum atomic E-state index is 13.9. The number of halogens is 2. The molecule has 2 aromatic carbocycles. The van der Waals surface area contributed by atoms with E-state index in [9.17, 15) is 4.39 Å². The van der Waals surface area contributed by atoms with Gasteiger partial charge in [0.1, 0.15) is 18.0 Å². The van der Waals surface area contributed by atoms with E-state index in [-0.39, 0.29) is 5.82 Å². The first-order valence-corrected chi connectivity index (χ1v) is 7.60. The van der Waals surface area contributed by atoms with E-state index in [1.54, 1.807) is 18.5 Å². The molecule has 2 heterocycles. The third-order valence-electron chi connectivity index (χ3n) is 3.83. The van der Waals surface area contributed by atoms with Crippen molar-refractivity contribution < 1.29 is 4.39 Å². The third-order valence-corrected chi connectivity index (χ3v) is 4.16. The molecule has 0 unspecified atom stereocenters. The number of benzene rings is 2. The summed E-state index contributed by atoms with van der Waals surface area (Å²) in [5.74, 6) is 0.485. The largest absolute Gasteiger partial charge is 0.285 e. The fourth-order valence-corrected chi connectivity index (χ4v) is 3.00. The molecule has 0 fully saturated rings. The molecule has 4 rings (SSSR count). The van der Waals surface area contributed by atoms with Crippen LogP contribution in [0.5, 0.6) is 0 Å². The summed E-state index contributed by atoms with van der Waals surface area (Å²) in [5, 5.41) is 8.67. The summed E-state index contributed by atoms with van der Waals surface area (Å²) < 4.78 is 15.8. The number of hydrogen-bond acceptors (Lipinski definition) is 3. The van der Waals surface area contributed by atoms with Crippen LogP contribution in [-0.2, 0) is 6.42 Å². The van der Waals surface area contributed by atoms with Gasteiger partial charge in [-0.15, -0.1) is 10.2 Å². The molecule has 0 saturated carbocycles. The summed E-state index contributed by atoms with van der Waals surface area (Å²) in [6, 6.07) is 12.1. The first kappa shape index (κ1) is 14.1. The molecule has 4 nitrogen and oxygen atoms in total. The van der Waals surface area contributed by atoms with Gasteiger partial charge in [0.05, 0.1) is 11.4 Å². The van der Waals surface area contributed by atoms with Crippen LogP contribution >= 0.6 is 11.6 Å². The first-order valence-electron chi connectivity index (χ1n) is 7.22. The van der Waals surface area contributed by atoms with E-state index in [1.807, 2.05) is 22.8 Å². The van der Waals surface area contributed by atoms with Crippen LogP contribution in [0.3, 0.4) is 0 Å². The van der Waals surface area contributed by atoms with Crippen molar-refractivity contribution in [2.45, 2.75) is 6.42 Å². The molecule has 0 amide bonds. The molecular weight excluding hydrogens is 315 g/mol. The van der Waals surface area contributed by atoms with E-state index in [2.05, 4.69) is 15.2 Å². The fraction of sp³-hybridized carbons (Fsp3) is 0.118. The Morgan fingerprint density at radius 1 is 1.09 bits per heavy atom. The second-order valence-corrected chi connectivity index (χ2v) is 5.65. The van der Waals surface area contributed by atoms with Crippen molar-refractivity contribution in [2.24, 2.45) is 4.99 Å². The number of nitrogens with zero attached hydrogens (tertiary/aromatic N) is 4. The quantitative estimate of drug-likeness (QED) is 0.687. The van der Waals surface area contributed by atoms with Crippen LogP contribution in [0, 0.1) is 5.82 Å². The van der Waals surface area contributed by atoms with Crippen LogP contribution < -0.4 is 0 Å². The van der Waals surface area contributed by atoms with Crippen LogP contribution in [0.2, 0.25) is 5.02 Å². The monoisotopic (exact) mass is 326 g/mol. The van der Waals surface area contributed by atoms with Crippen molar-refractivity contribution in [3.8, 4) is 5.69 Å². The lowest BCUT2D eigenvalue weighted by molar-refractivity contribution is 0.626. The van der Waals surface area contributed by atoms with Crippen LogP contribution in [-0.4, -0.2) is 27.0 Å². The van der Waals surface area contributed by atoms with Crippen LogP contribution in [0.25, 0.3) is 5.69 Å². The Balaban J connectivity index is 2.00. The number of fused-ring (bicyclic) bond motifs is 3. The van der Waals surface area contributed by atoms with Gasteiger partial charge in [-0.3, -0.25) is 9.56 Å². The maximum Gasteiger partial charge on any atom is 0.139 e. The van der Waals surface area contributed by atoms with E-state index in [4.69, 9.17) is 11.6 Å². The highest BCUT2D eigenvalue weighted by Gasteiger charge is 2.20. The van der Waals surface area contributed by atoms with E-state index in [0.29, 0.717) is 29.3 Å². The van der Waals surface area contributed by atoms with E-state index >= 15 is 0 Å². The van der Waals surface area contributed by atoms with Gasteiger partial charge in [-0.2, -0.15) is 0 Å². The summed E-state index contributed by atoms with van der Waals surface area (Å²) in [5.41, 5.74) is 2.95. The third kappa shape index (κ3) is 2.43. The summed E-state index contributed by atoms with van der Waals surface area (Å²) in [6.45, 7) is 0.537. The molecular formula is C17H12ClFN4. The molecule has 114 valence electrons. The van der Waals surface area contributed by atoms with Crippen molar-refractivity contribution in [1.29, 1.82) is 0 Å². The minimum atomic E-state index is -0.321. The predicted octanol–water partition coefficient (Wildman–Crippen LogP) is 3.45. The number of hydrogen-bond donors (Lipinski definition) is 0. The Labute approximate surface area is 137 Å². The lowest BCUT2D eigenvalue weighted by atomic mass is 9.99. The normalized spacial score (nSPS) is 13.6. The van der Waals surface area contributed by atoms with Crippen molar-refractivity contribution in [3.63, 3.8) is 0 Å². The van der Waals surface area contributed by atoms with Gasteiger partial charge in [0.2, 0.25) is 0 Å². The van der Waals surface area contributed by atoms with Gasteiger partial charge in [0.25, 0.3) is 0 Å². The number of aliphatic imine (C=N–C) groups is 1. The maximum absolute atomic E-state index is 13.9. The molecule has 0 bridgehead atoms. The van der Waals surface area contributed by atoms with Crippen molar-refractivity contribution in [1.82, 2.24) is 14.8 Å². The second kappa shape index (κ2) is 5.59. The van der Waals surface area contributed by atoms with Gasteiger partial charge < -0.3 is 0 Å². The molecule has 6 heteroatoms. The molecule has 0 aliphatic carbocycles. The SMILES string of the molecule is Fc1ccc2c(c1)C(c1ccccc1Cl)=NCCc1nncn1-2. The summed E-state index contributed by atoms with van der Waals surface area (Å²) in [4.78, 5) is 4.66. The molecule has 0 saturated heterocycles. The lowest BCUT2D eigenvalue weighted by Gasteiger charge is -2.18. The Kier molecular flexibility index (Phi) is 3.42. The van der Waals surface area contributed by atoms with Crippen LogP contribution in [0.1, 0.15) is 17.0 Å². The van der Waals surface area contributed by atoms with Gasteiger partial charge in [-0.25, -0.2) is 4.39 Å². The Bertz CT molecular complexity index is 916. The molecule has 1 aliphatic rings. The molecule has 1 aromatic heterocycles. The molecule has 3 aromatic rings. The van der Waals surface area contributed by atoms with E-state index in [1.165, 1.54) is 12.1 Å². The minimum absolute atomic E-state index is 0.321. The molecule has 0 spiro atoms. The van der Waals surface area contributed by atoms with Gasteiger partial charge in [-0.05, 0) is 24.3 Å². The molecule has 0 atom stereocenters. The number of aromatic nitrogens is 3. The van der Waals surface area contributed by atoms with Crippen molar-refractivity contribution >= 4 is 17.3 Å². The summed E-state index contributed by atoms with van der Waals surface area (Å²) >= 11 is 6.33. The average molecular weight is 327 g/mol. The fourth-order valence-electron chi connectivity index (χ4n) is 2.78. The van der Waals surface area contributed by atoms with Gasteiger partial charge in [0, 0.05) is 29.1 Å². The zero-order valence-electron chi connectivity index (χ0n) is 12.1. The van der Waals surface area contributed by atoms with Crippen molar-refractivity contribution in [2.75, 3.05) is 6.54 Å². The van der Waals surface area contributed by atoms with Crippen LogP contribution in [0.15, 0.2) is 53.8 Å². The smallest absolute Gasteiger partial charge is 0.139 e. The predicted molar refractivity (Wildman–Crippen MR) is 87.0 cm³/mol. The summed E-state index contributed by atoms with van der Waals surface area (Å²) in [6.07, 6.45) is 2.30. The molecule has 23 heavy (non-hydrogen) atoms. The Hall–Kier alpha value is -2.53. The topological polar surface area (TPSA) is 43.1 Å². The molecule has 1 aliphatic heterocycles. The average Bonchev–Trinajstić information content (AvgIpc) is 2.99. The van der Waals surface area contributed by atoms with E-state index < -0.39 is 0 Å². The highest BCUT2D eigenvalue weighted by atomic mass is 35.5. The lowest BCUT2D eigenvalue weighted by Crippen LogP contribution is -2.15. The molecule has 0 radical (unpaired) electrons. The number of rotatable bonds is 1. The van der Waals surface area contributed by atoms with Gasteiger partial charge >= 0.3 is 0 Å². The Morgan fingerprint density at radius 2 is 1.96 bits per heavy atom. The highest BCUT2D eigenvalue weighted by molar-refractivity contribution is 6.35. The zero-order chi connectivity index (χ0) is 15.8. The standard InChI is InChI=1S/C17H12ClFN4/c18-14-4-2-1-3-12(14)17-13-9-11(19)5-6-15(13)23-10-21-22-16(23)7-8-20-17/h1-6,9-10H,7-8H2. The zero-order valence-corrected chi connectivity index (χ0v) is 12.8. The van der Waals surface area contributed by atoms with Crippen molar-refractivity contribution in [3.05, 3.63) is 76.6 Å². The second-order valence-electron chi connectivity index (χ2n) is 5.24. The van der Waals surface area contributed by atoms with Gasteiger partial charge in [-0.1, -0.05) is 29.8 Å². The minimum Gasteiger partial charge on any atom is -0.285 e. The highest BCUT2D eigenvalue weighted by Crippen LogP contribution is 2.26. The Morgan fingerprint density at radius 3 is 2.83 bits per heavy atom. The van der Waals surface area contributed by atoms with Gasteiger partial charge in [0.15, 0.2) is 0 Å². The first-order chi connectivity index (χ1) is 11.2.